The molecule has 1 fully saturated rings. The third kappa shape index (κ3) is 5.29. The first kappa shape index (κ1) is 16.2. The van der Waals surface area contributed by atoms with Crippen molar-refractivity contribution in [2.24, 2.45) is 0 Å². The van der Waals surface area contributed by atoms with Crippen LogP contribution in [0.15, 0.2) is 24.4 Å². The Balaban J connectivity index is 1.65. The fourth-order valence-electron chi connectivity index (χ4n) is 3.04. The molecule has 0 radical (unpaired) electrons. The van der Waals surface area contributed by atoms with Gasteiger partial charge in [-0.05, 0) is 44.5 Å². The van der Waals surface area contributed by atoms with Gasteiger partial charge in [-0.25, -0.2) is 4.98 Å². The van der Waals surface area contributed by atoms with Crippen molar-refractivity contribution in [3.05, 3.63) is 24.4 Å². The molecule has 1 aromatic heterocycles. The first-order valence-corrected chi connectivity index (χ1v) is 8.45. The van der Waals surface area contributed by atoms with Gasteiger partial charge in [-0.3, -0.25) is 4.90 Å². The zero-order valence-electron chi connectivity index (χ0n) is 13.6. The summed E-state index contributed by atoms with van der Waals surface area (Å²) in [5, 5.41) is 3.56. The highest BCUT2D eigenvalue weighted by molar-refractivity contribution is 5.38. The Morgan fingerprint density at radius 3 is 2.62 bits per heavy atom. The average molecular weight is 290 g/mol. The summed E-state index contributed by atoms with van der Waals surface area (Å²) < 4.78 is 0. The van der Waals surface area contributed by atoms with Crippen molar-refractivity contribution in [1.29, 1.82) is 0 Å². The van der Waals surface area contributed by atoms with Crippen LogP contribution in [0.25, 0.3) is 0 Å². The van der Waals surface area contributed by atoms with Crippen molar-refractivity contribution in [3.8, 4) is 0 Å². The van der Waals surface area contributed by atoms with Crippen LogP contribution in [0.5, 0.6) is 0 Å². The predicted octanol–water partition coefficient (Wildman–Crippen LogP) is 2.37. The van der Waals surface area contributed by atoms with Crippen molar-refractivity contribution in [3.63, 3.8) is 0 Å². The first-order chi connectivity index (χ1) is 10.3. The number of piperazine rings is 1. The molecule has 0 aromatic carbocycles. The van der Waals surface area contributed by atoms with E-state index in [1.165, 1.54) is 25.8 Å². The smallest absolute Gasteiger partial charge is 0.128 e. The van der Waals surface area contributed by atoms with Crippen molar-refractivity contribution >= 4 is 5.82 Å². The Kier molecular flexibility index (Phi) is 6.96. The number of nitrogens with one attached hydrogen (secondary N) is 1. The summed E-state index contributed by atoms with van der Waals surface area (Å²) >= 11 is 0. The summed E-state index contributed by atoms with van der Waals surface area (Å²) in [5.41, 5.74) is 0. The number of pyridine rings is 1. The maximum atomic E-state index is 4.44. The van der Waals surface area contributed by atoms with Gasteiger partial charge in [0.25, 0.3) is 0 Å². The number of hydrogen-bond donors (Lipinski definition) is 1. The van der Waals surface area contributed by atoms with E-state index >= 15 is 0 Å². The van der Waals surface area contributed by atoms with E-state index < -0.39 is 0 Å². The van der Waals surface area contributed by atoms with Gasteiger partial charge >= 0.3 is 0 Å². The number of nitrogens with zero attached hydrogens (tertiary/aromatic N) is 3. The van der Waals surface area contributed by atoms with E-state index in [1.54, 1.807) is 0 Å². The number of hydrogen-bond acceptors (Lipinski definition) is 4. The molecular weight excluding hydrogens is 260 g/mol. The van der Waals surface area contributed by atoms with E-state index in [-0.39, 0.29) is 0 Å². The molecule has 2 heterocycles. The molecule has 1 N–H and O–H groups in total. The Morgan fingerprint density at radius 1 is 1.19 bits per heavy atom. The highest BCUT2D eigenvalue weighted by Gasteiger charge is 2.17. The molecule has 1 atom stereocenters. The number of aromatic nitrogens is 1. The maximum absolute atomic E-state index is 4.44. The molecule has 4 nitrogen and oxygen atoms in total. The predicted molar refractivity (Wildman–Crippen MR) is 89.9 cm³/mol. The van der Waals surface area contributed by atoms with E-state index in [4.69, 9.17) is 0 Å². The molecule has 0 bridgehead atoms. The summed E-state index contributed by atoms with van der Waals surface area (Å²) in [6.07, 6.45) is 5.72. The normalized spacial score (nSPS) is 17.9. The second-order valence-electron chi connectivity index (χ2n) is 5.82. The summed E-state index contributed by atoms with van der Waals surface area (Å²) in [6, 6.07) is 6.86. The second-order valence-corrected chi connectivity index (χ2v) is 5.82. The standard InChI is InChI=1S/C17H30N4/c1-3-16(18-4-2)8-7-11-20-12-14-21(15-13-20)17-9-5-6-10-19-17/h5-6,9-10,16,18H,3-4,7-8,11-15H2,1-2H3. The number of rotatable bonds is 8. The van der Waals surface area contributed by atoms with E-state index in [0.29, 0.717) is 6.04 Å². The average Bonchev–Trinajstić information content (AvgIpc) is 2.55. The molecule has 2 rings (SSSR count). The van der Waals surface area contributed by atoms with Crippen LogP contribution in [-0.4, -0.2) is 55.2 Å². The third-order valence-corrected chi connectivity index (χ3v) is 4.36. The fraction of sp³-hybridized carbons (Fsp3) is 0.706. The lowest BCUT2D eigenvalue weighted by atomic mass is 10.1. The van der Waals surface area contributed by atoms with Crippen molar-refractivity contribution in [1.82, 2.24) is 15.2 Å². The molecule has 4 heteroatoms. The molecule has 118 valence electrons. The topological polar surface area (TPSA) is 31.4 Å². The number of anilines is 1. The molecule has 1 unspecified atom stereocenters. The highest BCUT2D eigenvalue weighted by atomic mass is 15.3. The minimum absolute atomic E-state index is 0.699. The summed E-state index contributed by atoms with van der Waals surface area (Å²) in [6.45, 7) is 11.3. The van der Waals surface area contributed by atoms with E-state index in [9.17, 15) is 0 Å². The maximum Gasteiger partial charge on any atom is 0.128 e. The first-order valence-electron chi connectivity index (χ1n) is 8.45. The van der Waals surface area contributed by atoms with Crippen LogP contribution in [0.4, 0.5) is 5.82 Å². The molecule has 0 saturated carbocycles. The van der Waals surface area contributed by atoms with Gasteiger partial charge < -0.3 is 10.2 Å². The van der Waals surface area contributed by atoms with Gasteiger partial charge in [-0.2, -0.15) is 0 Å². The Hall–Kier alpha value is -1.13. The van der Waals surface area contributed by atoms with E-state index in [1.807, 2.05) is 12.3 Å². The molecule has 0 amide bonds. The molecule has 0 spiro atoms. The minimum atomic E-state index is 0.699. The molecule has 1 aliphatic heterocycles. The summed E-state index contributed by atoms with van der Waals surface area (Å²) in [5.74, 6) is 1.12. The largest absolute Gasteiger partial charge is 0.354 e. The lowest BCUT2D eigenvalue weighted by Gasteiger charge is -2.35. The van der Waals surface area contributed by atoms with Gasteiger partial charge in [0.1, 0.15) is 5.82 Å². The lowest BCUT2D eigenvalue weighted by Crippen LogP contribution is -2.47. The van der Waals surface area contributed by atoms with Crippen LogP contribution in [0, 0.1) is 0 Å². The van der Waals surface area contributed by atoms with Gasteiger partial charge in [-0.1, -0.05) is 19.9 Å². The zero-order valence-corrected chi connectivity index (χ0v) is 13.6. The van der Waals surface area contributed by atoms with Crippen LogP contribution in [0.2, 0.25) is 0 Å². The Bertz CT molecular complexity index is 374. The van der Waals surface area contributed by atoms with Gasteiger partial charge in [0.05, 0.1) is 0 Å². The van der Waals surface area contributed by atoms with E-state index in [2.05, 4.69) is 46.1 Å². The molecule has 1 saturated heterocycles. The van der Waals surface area contributed by atoms with Crippen molar-refractivity contribution < 1.29 is 0 Å². The summed E-state index contributed by atoms with van der Waals surface area (Å²) in [7, 11) is 0. The Morgan fingerprint density at radius 2 is 2.00 bits per heavy atom. The van der Waals surface area contributed by atoms with Gasteiger partial charge in [0.15, 0.2) is 0 Å². The second kappa shape index (κ2) is 9.00. The molecule has 1 aromatic rings. The van der Waals surface area contributed by atoms with Crippen molar-refractivity contribution in [2.75, 3.05) is 44.2 Å². The monoisotopic (exact) mass is 290 g/mol. The quantitative estimate of drug-likeness (QED) is 0.796. The zero-order chi connectivity index (χ0) is 14.9. The van der Waals surface area contributed by atoms with Crippen LogP contribution in [-0.2, 0) is 0 Å². The van der Waals surface area contributed by atoms with Crippen molar-refractivity contribution in [2.45, 2.75) is 39.2 Å². The third-order valence-electron chi connectivity index (χ3n) is 4.36. The minimum Gasteiger partial charge on any atom is -0.354 e. The Labute approximate surface area is 129 Å². The van der Waals surface area contributed by atoms with Crippen LogP contribution in [0.1, 0.15) is 33.1 Å². The van der Waals surface area contributed by atoms with Gasteiger partial charge in [0.2, 0.25) is 0 Å². The van der Waals surface area contributed by atoms with Gasteiger partial charge in [-0.15, -0.1) is 0 Å². The summed E-state index contributed by atoms with van der Waals surface area (Å²) in [4.78, 5) is 9.43. The fourth-order valence-corrected chi connectivity index (χ4v) is 3.04. The van der Waals surface area contributed by atoms with Crippen LogP contribution >= 0.6 is 0 Å². The molecule has 21 heavy (non-hydrogen) atoms. The van der Waals surface area contributed by atoms with Gasteiger partial charge in [0, 0.05) is 38.4 Å². The lowest BCUT2D eigenvalue weighted by molar-refractivity contribution is 0.247. The van der Waals surface area contributed by atoms with E-state index in [0.717, 1.165) is 38.5 Å². The van der Waals surface area contributed by atoms with Crippen LogP contribution < -0.4 is 10.2 Å². The molecular formula is C17H30N4. The SMILES string of the molecule is CCNC(CC)CCCN1CCN(c2ccccn2)CC1. The molecule has 1 aliphatic rings. The highest BCUT2D eigenvalue weighted by Crippen LogP contribution is 2.13. The van der Waals surface area contributed by atoms with Crippen LogP contribution in [0.3, 0.4) is 0 Å². The molecule has 0 aliphatic carbocycles.